The number of rotatable bonds is 8. The topological polar surface area (TPSA) is 124 Å². The van der Waals surface area contributed by atoms with Gasteiger partial charge >= 0.3 is 6.18 Å². The monoisotopic (exact) mass is 734 g/mol. The molecule has 3 aromatic carbocycles. The van der Waals surface area contributed by atoms with Crippen molar-refractivity contribution in [1.29, 1.82) is 0 Å². The number of amides is 3. The van der Waals surface area contributed by atoms with Crippen LogP contribution >= 0.6 is 0 Å². The van der Waals surface area contributed by atoms with Crippen molar-refractivity contribution in [2.45, 2.75) is 45.1 Å². The fourth-order valence-electron chi connectivity index (χ4n) is 6.60. The molecule has 0 radical (unpaired) electrons. The number of aromatic nitrogens is 3. The summed E-state index contributed by atoms with van der Waals surface area (Å²) in [6.07, 6.45) is -0.664. The van der Waals surface area contributed by atoms with Gasteiger partial charge < -0.3 is 10.6 Å². The maximum atomic E-state index is 14.4. The number of carbonyl (C=O) groups excluding carboxylic acids is 3. The molecule has 2 aromatic heterocycles. The van der Waals surface area contributed by atoms with E-state index < -0.39 is 23.7 Å². The van der Waals surface area contributed by atoms with Crippen LogP contribution < -0.4 is 16.0 Å². The molecule has 0 bridgehead atoms. The molecule has 3 amide bonds. The van der Waals surface area contributed by atoms with Gasteiger partial charge in [0.25, 0.3) is 5.91 Å². The fourth-order valence-corrected chi connectivity index (χ4v) is 6.60. The Morgan fingerprint density at radius 2 is 1.72 bits per heavy atom. The molecule has 14 heteroatoms. The molecule has 276 valence electrons. The molecule has 2 saturated heterocycles. The van der Waals surface area contributed by atoms with Crippen molar-refractivity contribution in [3.8, 4) is 11.8 Å². The molecule has 3 N–H and O–H groups in total. The summed E-state index contributed by atoms with van der Waals surface area (Å²) in [5, 5.41) is 12.4. The summed E-state index contributed by atoms with van der Waals surface area (Å²) in [5.74, 6) is 4.95. The van der Waals surface area contributed by atoms with Crippen LogP contribution in [0.4, 0.5) is 24.5 Å². The van der Waals surface area contributed by atoms with E-state index in [1.807, 2.05) is 42.2 Å². The number of carbonyl (C=O) groups is 3. The second-order valence-corrected chi connectivity index (χ2v) is 13.4. The lowest BCUT2D eigenvalue weighted by Crippen LogP contribution is -2.47. The van der Waals surface area contributed by atoms with E-state index in [-0.39, 0.29) is 41.6 Å². The molecule has 7 rings (SSSR count). The molecular formula is C40H37F3N8O3. The van der Waals surface area contributed by atoms with Crippen molar-refractivity contribution in [1.82, 2.24) is 29.7 Å². The molecule has 54 heavy (non-hydrogen) atoms. The van der Waals surface area contributed by atoms with Gasteiger partial charge in [-0.25, -0.2) is 9.50 Å². The number of piperidine rings is 1. The quantitative estimate of drug-likeness (QED) is 0.146. The van der Waals surface area contributed by atoms with Crippen LogP contribution in [0, 0.1) is 18.8 Å². The number of hydrogen-bond donors (Lipinski definition) is 3. The van der Waals surface area contributed by atoms with Gasteiger partial charge in [0.2, 0.25) is 11.8 Å². The van der Waals surface area contributed by atoms with Gasteiger partial charge in [0.05, 0.1) is 11.8 Å². The van der Waals surface area contributed by atoms with Crippen molar-refractivity contribution in [3.63, 3.8) is 0 Å². The Morgan fingerprint density at radius 3 is 2.50 bits per heavy atom. The highest BCUT2D eigenvalue weighted by molar-refractivity contribution is 6.04. The van der Waals surface area contributed by atoms with Crippen molar-refractivity contribution >= 4 is 34.7 Å². The molecule has 2 aliphatic heterocycles. The molecular weight excluding hydrogens is 697 g/mol. The zero-order valence-electron chi connectivity index (χ0n) is 29.4. The molecule has 0 spiro atoms. The van der Waals surface area contributed by atoms with Crippen LogP contribution in [0.2, 0.25) is 0 Å². The number of imide groups is 1. The van der Waals surface area contributed by atoms with Gasteiger partial charge in [0, 0.05) is 74.4 Å². The molecule has 11 nitrogen and oxygen atoms in total. The van der Waals surface area contributed by atoms with E-state index in [9.17, 15) is 27.6 Å². The molecule has 1 atom stereocenters. The highest BCUT2D eigenvalue weighted by atomic mass is 19.4. The van der Waals surface area contributed by atoms with E-state index in [1.54, 1.807) is 41.2 Å². The SMILES string of the molecule is Cc1ccc(C(=O)Nc2ccc(CN3CCN(Cc4cccc(NC5CCC(=O)NC5=O)c4)CC3)c(C(F)(F)F)c2)cc1C#Cc1cnc2cccnn12. The van der Waals surface area contributed by atoms with Crippen molar-refractivity contribution in [3.05, 3.63) is 124 Å². The molecule has 0 saturated carbocycles. The third-order valence-corrected chi connectivity index (χ3v) is 9.55. The number of imidazole rings is 1. The predicted octanol–water partition coefficient (Wildman–Crippen LogP) is 5.24. The first-order valence-electron chi connectivity index (χ1n) is 17.6. The lowest BCUT2D eigenvalue weighted by Gasteiger charge is -2.35. The summed E-state index contributed by atoms with van der Waals surface area (Å²) < 4.78 is 44.7. The molecule has 0 aliphatic carbocycles. The van der Waals surface area contributed by atoms with Gasteiger partial charge in [-0.1, -0.05) is 30.2 Å². The molecule has 2 aliphatic rings. The Labute approximate surface area is 309 Å². The van der Waals surface area contributed by atoms with E-state index in [0.29, 0.717) is 56.0 Å². The number of aryl methyl sites for hydroxylation is 1. The summed E-state index contributed by atoms with van der Waals surface area (Å²) in [6, 6.07) is 19.7. The number of benzene rings is 3. The number of fused-ring (bicyclic) bond motifs is 1. The second-order valence-electron chi connectivity index (χ2n) is 13.4. The molecule has 2 fully saturated rings. The van der Waals surface area contributed by atoms with Crippen LogP contribution in [-0.2, 0) is 28.9 Å². The van der Waals surface area contributed by atoms with E-state index in [0.717, 1.165) is 22.9 Å². The third kappa shape index (κ3) is 8.60. The minimum atomic E-state index is -4.62. The standard InChI is InChI=1S/C40H37F3N8O3/c1-26-7-8-29(21-28(26)10-12-33-23-44-36-6-3-15-45-51(33)36)38(53)47-32-11-9-30(34(22-32)40(41,42)43)25-50-18-16-49(17-19-50)24-27-4-2-5-31(20-27)46-35-13-14-37(52)48-39(35)54/h2-9,11,15,20-23,35,46H,13-14,16-19,24-25H2,1H3,(H,47,53)(H,48,52,54). The van der Waals surface area contributed by atoms with Crippen LogP contribution in [0.5, 0.6) is 0 Å². The van der Waals surface area contributed by atoms with E-state index >= 15 is 0 Å². The van der Waals surface area contributed by atoms with Crippen LogP contribution in [0.15, 0.2) is 85.2 Å². The van der Waals surface area contributed by atoms with Crippen LogP contribution in [0.25, 0.3) is 5.65 Å². The third-order valence-electron chi connectivity index (χ3n) is 9.55. The number of nitrogens with zero attached hydrogens (tertiary/aromatic N) is 5. The summed E-state index contributed by atoms with van der Waals surface area (Å²) in [5.41, 5.74) is 4.11. The van der Waals surface area contributed by atoms with Gasteiger partial charge in [0.15, 0.2) is 5.65 Å². The van der Waals surface area contributed by atoms with E-state index in [1.165, 1.54) is 12.1 Å². The minimum absolute atomic E-state index is 0.0419. The van der Waals surface area contributed by atoms with E-state index in [2.05, 4.69) is 42.8 Å². The largest absolute Gasteiger partial charge is 0.416 e. The fraction of sp³-hybridized carbons (Fsp3) is 0.275. The Balaban J connectivity index is 0.964. The predicted molar refractivity (Wildman–Crippen MR) is 196 cm³/mol. The highest BCUT2D eigenvalue weighted by Gasteiger charge is 2.34. The first-order chi connectivity index (χ1) is 26.0. The number of piperazine rings is 1. The summed E-state index contributed by atoms with van der Waals surface area (Å²) in [4.78, 5) is 45.4. The highest BCUT2D eigenvalue weighted by Crippen LogP contribution is 2.35. The van der Waals surface area contributed by atoms with Crippen LogP contribution in [0.1, 0.15) is 56.7 Å². The van der Waals surface area contributed by atoms with Gasteiger partial charge in [-0.05, 0) is 84.5 Å². The average Bonchev–Trinajstić information content (AvgIpc) is 3.56. The molecule has 4 heterocycles. The van der Waals surface area contributed by atoms with Crippen LogP contribution in [0.3, 0.4) is 0 Å². The van der Waals surface area contributed by atoms with Gasteiger partial charge in [0.1, 0.15) is 11.7 Å². The Bertz CT molecular complexity index is 2290. The summed E-state index contributed by atoms with van der Waals surface area (Å²) in [7, 11) is 0. The smallest absolute Gasteiger partial charge is 0.374 e. The Hall–Kier alpha value is -6.04. The number of hydrogen-bond acceptors (Lipinski definition) is 8. The van der Waals surface area contributed by atoms with Crippen LogP contribution in [-0.4, -0.2) is 74.3 Å². The van der Waals surface area contributed by atoms with Crippen molar-refractivity contribution < 1.29 is 27.6 Å². The Morgan fingerprint density at radius 1 is 0.926 bits per heavy atom. The van der Waals surface area contributed by atoms with Gasteiger partial charge in [-0.15, -0.1) is 0 Å². The van der Waals surface area contributed by atoms with Gasteiger partial charge in [-0.2, -0.15) is 18.3 Å². The zero-order chi connectivity index (χ0) is 37.8. The van der Waals surface area contributed by atoms with Crippen molar-refractivity contribution in [2.24, 2.45) is 0 Å². The summed E-state index contributed by atoms with van der Waals surface area (Å²) >= 11 is 0. The maximum Gasteiger partial charge on any atom is 0.416 e. The Kier molecular flexibility index (Phi) is 10.4. The first-order valence-corrected chi connectivity index (χ1v) is 17.6. The van der Waals surface area contributed by atoms with E-state index in [4.69, 9.17) is 0 Å². The first kappa shape index (κ1) is 36.3. The van der Waals surface area contributed by atoms with Crippen molar-refractivity contribution in [2.75, 3.05) is 36.8 Å². The minimum Gasteiger partial charge on any atom is -0.374 e. The molecule has 1 unspecified atom stereocenters. The second kappa shape index (κ2) is 15.5. The molecule has 5 aromatic rings. The lowest BCUT2D eigenvalue weighted by atomic mass is 10.0. The zero-order valence-corrected chi connectivity index (χ0v) is 29.4. The number of nitrogens with one attached hydrogen (secondary N) is 3. The number of halogens is 3. The lowest BCUT2D eigenvalue weighted by molar-refractivity contribution is -0.138. The van der Waals surface area contributed by atoms with Gasteiger partial charge in [-0.3, -0.25) is 29.5 Å². The maximum absolute atomic E-state index is 14.4. The average molecular weight is 735 g/mol. The normalized spacial score (nSPS) is 16.8. The summed E-state index contributed by atoms with van der Waals surface area (Å²) in [6.45, 7) is 5.11. The number of alkyl halides is 3. The number of anilines is 2.